The summed E-state index contributed by atoms with van der Waals surface area (Å²) in [6, 6.07) is 0. The van der Waals surface area contributed by atoms with Gasteiger partial charge in [-0.1, -0.05) is 0 Å². The molecule has 2 aromatic rings. The van der Waals surface area contributed by atoms with Crippen LogP contribution in [0.5, 0.6) is 0 Å². The number of β-amino-alcohol motifs (C(OH)–C–C–N with tert-alkyl or cyclic N) is 1. The van der Waals surface area contributed by atoms with Gasteiger partial charge in [0.05, 0.1) is 37.3 Å². The molecule has 3 N–H and O–H groups in total. The number of rotatable bonds is 5. The number of hydrogen-bond donors (Lipinski definition) is 3. The lowest BCUT2D eigenvalue weighted by atomic mass is 10.0. The third-order valence-electron chi connectivity index (χ3n) is 3.99. The Labute approximate surface area is 143 Å². The molecule has 24 heavy (non-hydrogen) atoms. The van der Waals surface area contributed by atoms with E-state index in [1.54, 1.807) is 17.2 Å². The number of carbonyl (C=O) groups is 1. The van der Waals surface area contributed by atoms with Gasteiger partial charge in [-0.3, -0.25) is 9.69 Å². The summed E-state index contributed by atoms with van der Waals surface area (Å²) in [5, 5.41) is 15.3. The van der Waals surface area contributed by atoms with Gasteiger partial charge in [0.15, 0.2) is 0 Å². The van der Waals surface area contributed by atoms with E-state index in [-0.39, 0.29) is 19.1 Å². The number of thiazole rings is 1. The fourth-order valence-electron chi connectivity index (χ4n) is 2.66. The molecule has 0 aliphatic carbocycles. The van der Waals surface area contributed by atoms with Gasteiger partial charge in [0.2, 0.25) is 0 Å². The maximum Gasteiger partial charge on any atom is 0.270 e. The van der Waals surface area contributed by atoms with Crippen LogP contribution in [-0.4, -0.2) is 69.3 Å². The molecular weight excluding hydrogens is 330 g/mol. The lowest BCUT2D eigenvalue weighted by Gasteiger charge is -2.30. The van der Waals surface area contributed by atoms with Gasteiger partial charge >= 0.3 is 0 Å². The second-order valence-electron chi connectivity index (χ2n) is 6.02. The number of nitrogens with zero attached hydrogens (tertiary/aromatic N) is 3. The number of H-pyrrole nitrogens is 1. The molecule has 1 fully saturated rings. The summed E-state index contributed by atoms with van der Waals surface area (Å²) >= 11 is 1.36. The van der Waals surface area contributed by atoms with Crippen molar-refractivity contribution in [1.82, 2.24) is 25.2 Å². The minimum atomic E-state index is -1.15. The molecule has 0 aromatic carbocycles. The largest absolute Gasteiger partial charge is 0.384 e. The molecule has 0 spiro atoms. The summed E-state index contributed by atoms with van der Waals surface area (Å²) in [5.74, 6) is -0.288. The van der Waals surface area contributed by atoms with Crippen LogP contribution in [0.4, 0.5) is 0 Å². The minimum absolute atomic E-state index is 0.111. The SMILES string of the molecule is Cc1[nH]cnc1CN1CCOCC(O)(CNC(=O)c2cscn2)C1. The first kappa shape index (κ1) is 17.0. The average Bonchev–Trinajstić information content (AvgIpc) is 3.18. The molecule has 0 bridgehead atoms. The van der Waals surface area contributed by atoms with Crippen LogP contribution >= 0.6 is 11.3 Å². The zero-order valence-electron chi connectivity index (χ0n) is 13.5. The van der Waals surface area contributed by atoms with Crippen LogP contribution in [0, 0.1) is 6.92 Å². The van der Waals surface area contributed by atoms with Crippen molar-refractivity contribution in [3.8, 4) is 0 Å². The average molecular weight is 351 g/mol. The number of amides is 1. The molecule has 130 valence electrons. The van der Waals surface area contributed by atoms with Crippen molar-refractivity contribution in [1.29, 1.82) is 0 Å². The molecule has 0 radical (unpaired) electrons. The van der Waals surface area contributed by atoms with E-state index < -0.39 is 5.60 Å². The van der Waals surface area contributed by atoms with E-state index in [1.165, 1.54) is 11.3 Å². The molecule has 1 atom stereocenters. The van der Waals surface area contributed by atoms with E-state index in [4.69, 9.17) is 4.74 Å². The molecule has 1 saturated heterocycles. The van der Waals surface area contributed by atoms with Crippen molar-refractivity contribution in [2.45, 2.75) is 19.1 Å². The molecule has 0 saturated carbocycles. The normalized spacial score (nSPS) is 22.2. The van der Waals surface area contributed by atoms with Crippen molar-refractivity contribution in [3.63, 3.8) is 0 Å². The lowest BCUT2D eigenvalue weighted by Crippen LogP contribution is -2.52. The highest BCUT2D eigenvalue weighted by atomic mass is 32.1. The van der Waals surface area contributed by atoms with Gasteiger partial charge in [-0.05, 0) is 6.92 Å². The molecule has 8 nitrogen and oxygen atoms in total. The molecule has 2 aromatic heterocycles. The number of carbonyl (C=O) groups excluding carboxylic acids is 1. The topological polar surface area (TPSA) is 103 Å². The Morgan fingerprint density at radius 3 is 3.17 bits per heavy atom. The first-order chi connectivity index (χ1) is 11.6. The first-order valence-corrected chi connectivity index (χ1v) is 8.68. The van der Waals surface area contributed by atoms with E-state index in [0.29, 0.717) is 31.9 Å². The van der Waals surface area contributed by atoms with Crippen LogP contribution in [0.15, 0.2) is 17.2 Å². The van der Waals surface area contributed by atoms with Crippen LogP contribution in [0.3, 0.4) is 0 Å². The molecule has 1 unspecified atom stereocenters. The summed E-state index contributed by atoms with van der Waals surface area (Å²) < 4.78 is 5.53. The van der Waals surface area contributed by atoms with Crippen molar-refractivity contribution in [2.75, 3.05) is 32.8 Å². The molecule has 9 heteroatoms. The Balaban J connectivity index is 1.60. The zero-order chi connectivity index (χ0) is 17.0. The Morgan fingerprint density at radius 2 is 2.46 bits per heavy atom. The number of aromatic amines is 1. The Bertz CT molecular complexity index is 674. The third kappa shape index (κ3) is 4.18. The monoisotopic (exact) mass is 351 g/mol. The van der Waals surface area contributed by atoms with Crippen LogP contribution in [0.25, 0.3) is 0 Å². The van der Waals surface area contributed by atoms with E-state index in [1.807, 2.05) is 6.92 Å². The Kier molecular flexibility index (Phi) is 5.24. The Morgan fingerprint density at radius 1 is 1.58 bits per heavy atom. The van der Waals surface area contributed by atoms with Crippen molar-refractivity contribution >= 4 is 17.2 Å². The number of hydrogen-bond acceptors (Lipinski definition) is 7. The van der Waals surface area contributed by atoms with Crippen molar-refractivity contribution in [2.24, 2.45) is 0 Å². The van der Waals surface area contributed by atoms with Gasteiger partial charge in [-0.25, -0.2) is 9.97 Å². The predicted molar refractivity (Wildman–Crippen MR) is 88.8 cm³/mol. The van der Waals surface area contributed by atoms with Gasteiger partial charge in [0.25, 0.3) is 5.91 Å². The molecular formula is C15H21N5O3S. The van der Waals surface area contributed by atoms with Gasteiger partial charge in [0, 0.05) is 30.7 Å². The number of ether oxygens (including phenoxy) is 1. The van der Waals surface area contributed by atoms with Gasteiger partial charge in [-0.2, -0.15) is 0 Å². The zero-order valence-corrected chi connectivity index (χ0v) is 14.3. The number of imidazole rings is 1. The summed E-state index contributed by atoms with van der Waals surface area (Å²) in [6.07, 6.45) is 1.67. The number of nitrogens with one attached hydrogen (secondary N) is 2. The second kappa shape index (κ2) is 7.39. The minimum Gasteiger partial charge on any atom is -0.384 e. The van der Waals surface area contributed by atoms with E-state index >= 15 is 0 Å². The van der Waals surface area contributed by atoms with Crippen LogP contribution in [0.2, 0.25) is 0 Å². The molecule has 3 rings (SSSR count). The summed E-state index contributed by atoms with van der Waals surface area (Å²) in [5.41, 5.74) is 2.78. The van der Waals surface area contributed by atoms with Gasteiger partial charge in [0.1, 0.15) is 11.3 Å². The highest BCUT2D eigenvalue weighted by Gasteiger charge is 2.33. The lowest BCUT2D eigenvalue weighted by molar-refractivity contribution is -0.0346. The van der Waals surface area contributed by atoms with E-state index in [9.17, 15) is 9.90 Å². The maximum absolute atomic E-state index is 12.0. The first-order valence-electron chi connectivity index (χ1n) is 7.73. The van der Waals surface area contributed by atoms with Crippen molar-refractivity contribution < 1.29 is 14.6 Å². The second-order valence-corrected chi connectivity index (χ2v) is 6.74. The fourth-order valence-corrected chi connectivity index (χ4v) is 3.19. The quantitative estimate of drug-likeness (QED) is 0.709. The fraction of sp³-hybridized carbons (Fsp3) is 0.533. The van der Waals surface area contributed by atoms with Crippen molar-refractivity contribution in [3.05, 3.63) is 34.3 Å². The van der Waals surface area contributed by atoms with E-state index in [0.717, 1.165) is 11.4 Å². The molecule has 1 aliphatic heterocycles. The van der Waals surface area contributed by atoms with Crippen LogP contribution < -0.4 is 5.32 Å². The highest BCUT2D eigenvalue weighted by molar-refractivity contribution is 7.07. The summed E-state index contributed by atoms with van der Waals surface area (Å²) in [7, 11) is 0. The third-order valence-corrected chi connectivity index (χ3v) is 4.58. The molecule has 1 aliphatic rings. The van der Waals surface area contributed by atoms with E-state index in [2.05, 4.69) is 25.2 Å². The molecule has 1 amide bonds. The number of aryl methyl sites for hydroxylation is 1. The number of aliphatic hydroxyl groups is 1. The smallest absolute Gasteiger partial charge is 0.270 e. The standard InChI is InChI=1S/C15H21N5O3S/c1-11-12(18-9-17-11)4-20-2-3-23-8-15(22,7-20)6-16-14(21)13-5-24-10-19-13/h5,9-10,22H,2-4,6-8H2,1H3,(H,16,21)(H,17,18). The highest BCUT2D eigenvalue weighted by Crippen LogP contribution is 2.15. The molecule has 3 heterocycles. The maximum atomic E-state index is 12.0. The predicted octanol–water partition coefficient (Wildman–Crippen LogP) is 0.168. The van der Waals surface area contributed by atoms with Crippen LogP contribution in [0.1, 0.15) is 21.9 Å². The summed E-state index contributed by atoms with van der Waals surface area (Å²) in [6.45, 7) is 4.52. The summed E-state index contributed by atoms with van der Waals surface area (Å²) in [4.78, 5) is 25.4. The van der Waals surface area contributed by atoms with Gasteiger partial charge < -0.3 is 20.1 Å². The van der Waals surface area contributed by atoms with Gasteiger partial charge in [-0.15, -0.1) is 11.3 Å². The Hall–Kier alpha value is -1.81. The van der Waals surface area contributed by atoms with Crippen LogP contribution in [-0.2, 0) is 11.3 Å². The number of aromatic nitrogens is 3.